The van der Waals surface area contributed by atoms with E-state index in [4.69, 9.17) is 0 Å². The zero-order valence-electron chi connectivity index (χ0n) is 15.3. The molecule has 24 heavy (non-hydrogen) atoms. The first-order chi connectivity index (χ1) is 11.5. The summed E-state index contributed by atoms with van der Waals surface area (Å²) in [5, 5.41) is 8.04. The van der Waals surface area contributed by atoms with E-state index in [0.29, 0.717) is 11.8 Å². The van der Waals surface area contributed by atoms with Crippen molar-refractivity contribution in [1.29, 1.82) is 0 Å². The van der Waals surface area contributed by atoms with Gasteiger partial charge in [0.25, 0.3) is 0 Å². The fraction of sp³-hybridized carbons (Fsp3) is 0.455. The number of azo groups is 1. The Morgan fingerprint density at radius 1 is 0.750 bits per heavy atom. The summed E-state index contributed by atoms with van der Waals surface area (Å²) in [4.78, 5) is 0. The van der Waals surface area contributed by atoms with Crippen LogP contribution in [0.15, 0.2) is 46.6 Å². The number of hydrogen-bond donors (Lipinski definition) is 0. The van der Waals surface area contributed by atoms with Crippen LogP contribution in [0.5, 0.6) is 0 Å². The minimum absolute atomic E-state index is 0.575. The maximum atomic E-state index is 4.07. The first-order valence-corrected chi connectivity index (χ1v) is 9.16. The second kappa shape index (κ2) is 7.29. The number of nitrogens with zero attached hydrogens (tertiary/aromatic N) is 2. The topological polar surface area (TPSA) is 24.7 Å². The Bertz CT molecular complexity index is 736. The minimum atomic E-state index is 0.575. The van der Waals surface area contributed by atoms with Crippen molar-refractivity contribution in [2.75, 3.05) is 0 Å². The smallest absolute Gasteiger partial charge is 0.0906 e. The third kappa shape index (κ3) is 3.75. The van der Waals surface area contributed by atoms with Crippen LogP contribution in [0.25, 0.3) is 0 Å². The number of fused-ring (bicyclic) bond motifs is 2. The van der Waals surface area contributed by atoms with Crippen molar-refractivity contribution < 1.29 is 0 Å². The number of hydrogen-bond acceptors (Lipinski definition) is 2. The van der Waals surface area contributed by atoms with Crippen LogP contribution in [-0.2, 0) is 19.4 Å². The molecule has 2 aromatic rings. The summed E-state index contributed by atoms with van der Waals surface area (Å²) in [5.74, 6) is 1.25. The van der Waals surface area contributed by atoms with Crippen LogP contribution in [0.2, 0.25) is 0 Å². The Morgan fingerprint density at radius 2 is 1.38 bits per heavy atom. The summed E-state index contributed by atoms with van der Waals surface area (Å²) in [6.45, 7) is 9.66. The van der Waals surface area contributed by atoms with Crippen molar-refractivity contribution in [3.63, 3.8) is 0 Å². The molecular formula is C22H28N2. The summed E-state index contributed by atoms with van der Waals surface area (Å²) in [6, 6.07) is 13.4. The average Bonchev–Trinajstić information content (AvgIpc) is 3.22. The van der Waals surface area contributed by atoms with Gasteiger partial charge in [-0.1, -0.05) is 58.0 Å². The summed E-state index contributed by atoms with van der Waals surface area (Å²) < 4.78 is 0. The normalized spacial score (nSPS) is 14.6. The molecular weight excluding hydrogens is 292 g/mol. The van der Waals surface area contributed by atoms with E-state index >= 15 is 0 Å². The Hall–Kier alpha value is -1.96. The van der Waals surface area contributed by atoms with Gasteiger partial charge in [0, 0.05) is 5.56 Å². The molecule has 0 aromatic heterocycles. The van der Waals surface area contributed by atoms with Crippen molar-refractivity contribution >= 4 is 5.69 Å². The molecule has 0 saturated heterocycles. The van der Waals surface area contributed by atoms with Crippen LogP contribution in [0.3, 0.4) is 0 Å². The van der Waals surface area contributed by atoms with Crippen LogP contribution in [0.4, 0.5) is 5.69 Å². The van der Waals surface area contributed by atoms with Crippen molar-refractivity contribution in [1.82, 2.24) is 0 Å². The van der Waals surface area contributed by atoms with Crippen LogP contribution in [0.1, 0.15) is 73.8 Å². The molecule has 0 radical (unpaired) electrons. The molecule has 0 amide bonds. The molecule has 2 nitrogen and oxygen atoms in total. The maximum absolute atomic E-state index is 4.07. The molecule has 2 aliphatic rings. The lowest BCUT2D eigenvalue weighted by Crippen LogP contribution is -1.90. The van der Waals surface area contributed by atoms with E-state index < -0.39 is 0 Å². The maximum Gasteiger partial charge on any atom is 0.0906 e. The standard InChI is InChI=1S/C12H16.C10H12N2/c1-9(2)11-7-6-10-4-3-5-12(10)8-11;1-7(2)8-3-4-9-6-11-12-10(9)5-8/h6-9H,3-5H2,1-2H3;3-5,7H,6H2,1-2H3. The third-order valence-electron chi connectivity index (χ3n) is 4.98. The Kier molecular flexibility index (Phi) is 5.13. The highest BCUT2D eigenvalue weighted by Gasteiger charge is 2.11. The van der Waals surface area contributed by atoms with Crippen LogP contribution in [-0.4, -0.2) is 0 Å². The molecule has 0 unspecified atom stereocenters. The van der Waals surface area contributed by atoms with Gasteiger partial charge in [-0.3, -0.25) is 0 Å². The largest absolute Gasteiger partial charge is 0.184 e. The van der Waals surface area contributed by atoms with Gasteiger partial charge in [0.05, 0.1) is 12.2 Å². The number of rotatable bonds is 2. The summed E-state index contributed by atoms with van der Waals surface area (Å²) in [6.07, 6.45) is 3.96. The van der Waals surface area contributed by atoms with Gasteiger partial charge in [-0.15, -0.1) is 0 Å². The lowest BCUT2D eigenvalue weighted by atomic mass is 9.99. The van der Waals surface area contributed by atoms with E-state index in [1.165, 1.54) is 36.0 Å². The molecule has 4 rings (SSSR count). The van der Waals surface area contributed by atoms with Gasteiger partial charge in [-0.25, -0.2) is 0 Å². The first kappa shape index (κ1) is 16.9. The highest BCUT2D eigenvalue weighted by Crippen LogP contribution is 2.30. The molecule has 1 aliphatic heterocycles. The second-order valence-electron chi connectivity index (χ2n) is 7.48. The van der Waals surface area contributed by atoms with E-state index in [1.807, 2.05) is 0 Å². The molecule has 0 spiro atoms. The quantitative estimate of drug-likeness (QED) is 0.587. The molecule has 0 N–H and O–H groups in total. The highest BCUT2D eigenvalue weighted by atomic mass is 15.1. The molecule has 2 heteroatoms. The molecule has 1 heterocycles. The lowest BCUT2D eigenvalue weighted by molar-refractivity contribution is 0.862. The summed E-state index contributed by atoms with van der Waals surface area (Å²) in [5.41, 5.74) is 8.33. The SMILES string of the molecule is CC(C)c1ccc2c(c1)CCC2.CC(C)c1ccc2c(c1)N=NC2. The van der Waals surface area contributed by atoms with Gasteiger partial charge in [-0.2, -0.15) is 10.2 Å². The van der Waals surface area contributed by atoms with Gasteiger partial charge in [0.2, 0.25) is 0 Å². The second-order valence-corrected chi connectivity index (χ2v) is 7.48. The molecule has 0 bridgehead atoms. The van der Waals surface area contributed by atoms with E-state index in [0.717, 1.165) is 12.2 Å². The molecule has 1 aliphatic carbocycles. The van der Waals surface area contributed by atoms with Gasteiger partial charge in [0.15, 0.2) is 0 Å². The Balaban J connectivity index is 0.000000141. The zero-order valence-corrected chi connectivity index (χ0v) is 15.3. The van der Waals surface area contributed by atoms with E-state index in [1.54, 1.807) is 11.1 Å². The van der Waals surface area contributed by atoms with Crippen LogP contribution >= 0.6 is 0 Å². The van der Waals surface area contributed by atoms with Gasteiger partial charge in [0.1, 0.15) is 0 Å². The first-order valence-electron chi connectivity index (χ1n) is 9.16. The third-order valence-corrected chi connectivity index (χ3v) is 4.98. The predicted octanol–water partition coefficient (Wildman–Crippen LogP) is 6.71. The number of aryl methyl sites for hydroxylation is 2. The lowest BCUT2D eigenvalue weighted by Gasteiger charge is -2.07. The zero-order chi connectivity index (χ0) is 17.1. The Morgan fingerprint density at radius 3 is 2.08 bits per heavy atom. The van der Waals surface area contributed by atoms with E-state index in [2.05, 4.69) is 74.3 Å². The summed E-state index contributed by atoms with van der Waals surface area (Å²) >= 11 is 0. The van der Waals surface area contributed by atoms with Crippen molar-refractivity contribution in [3.8, 4) is 0 Å². The molecule has 0 saturated carbocycles. The monoisotopic (exact) mass is 320 g/mol. The average molecular weight is 320 g/mol. The molecule has 0 fully saturated rings. The van der Waals surface area contributed by atoms with Crippen molar-refractivity contribution in [2.45, 2.75) is 65.3 Å². The van der Waals surface area contributed by atoms with Crippen molar-refractivity contribution in [2.24, 2.45) is 10.2 Å². The molecule has 0 atom stereocenters. The fourth-order valence-electron chi connectivity index (χ4n) is 3.31. The van der Waals surface area contributed by atoms with Gasteiger partial charge >= 0.3 is 0 Å². The summed E-state index contributed by atoms with van der Waals surface area (Å²) in [7, 11) is 0. The van der Waals surface area contributed by atoms with Gasteiger partial charge < -0.3 is 0 Å². The van der Waals surface area contributed by atoms with E-state index in [9.17, 15) is 0 Å². The van der Waals surface area contributed by atoms with Crippen molar-refractivity contribution in [3.05, 3.63) is 64.2 Å². The Labute approximate surface area is 146 Å². The fourth-order valence-corrected chi connectivity index (χ4v) is 3.31. The molecule has 126 valence electrons. The van der Waals surface area contributed by atoms with Crippen LogP contribution < -0.4 is 0 Å². The minimum Gasteiger partial charge on any atom is -0.184 e. The van der Waals surface area contributed by atoms with E-state index in [-0.39, 0.29) is 0 Å². The highest BCUT2D eigenvalue weighted by molar-refractivity contribution is 5.50. The van der Waals surface area contributed by atoms with Crippen LogP contribution in [0, 0.1) is 0 Å². The number of benzene rings is 2. The van der Waals surface area contributed by atoms with Gasteiger partial charge in [-0.05, 0) is 59.4 Å². The predicted molar refractivity (Wildman–Crippen MR) is 101 cm³/mol. The molecule has 2 aromatic carbocycles.